The third-order valence-electron chi connectivity index (χ3n) is 2.75. The van der Waals surface area contributed by atoms with Crippen LogP contribution in [0.1, 0.15) is 6.42 Å². The van der Waals surface area contributed by atoms with E-state index in [2.05, 4.69) is 4.98 Å². The molecule has 19 heavy (non-hydrogen) atoms. The number of nitrogens with zero attached hydrogens (tertiary/aromatic N) is 1. The van der Waals surface area contributed by atoms with Crippen LogP contribution in [0.15, 0.2) is 29.4 Å². The molecule has 0 saturated heterocycles. The van der Waals surface area contributed by atoms with Gasteiger partial charge in [-0.15, -0.1) is 23.4 Å². The minimum Gasteiger partial charge on any atom is -0.493 e. The zero-order valence-electron chi connectivity index (χ0n) is 11.0. The van der Waals surface area contributed by atoms with Crippen molar-refractivity contribution in [2.45, 2.75) is 11.4 Å². The normalized spacial score (nSPS) is 10.7. The first-order valence-corrected chi connectivity index (χ1v) is 7.51. The predicted molar refractivity (Wildman–Crippen MR) is 80.9 cm³/mol. The minimum absolute atomic E-state index is 0.676. The predicted octanol–water partition coefficient (Wildman–Crippen LogP) is 3.97. The third kappa shape index (κ3) is 3.25. The molecule has 2 aromatic rings. The molecule has 3 nitrogen and oxygen atoms in total. The lowest BCUT2D eigenvalue weighted by molar-refractivity contribution is 0.356. The van der Waals surface area contributed by atoms with Crippen LogP contribution in [0.4, 0.5) is 0 Å². The van der Waals surface area contributed by atoms with E-state index in [1.165, 1.54) is 0 Å². The number of fused-ring (bicyclic) bond motifs is 1. The molecule has 1 heterocycles. The molecule has 0 aliphatic carbocycles. The standard InChI is InChI=1S/C14H16ClNO2S/c1-17-12-8-10-4-6-16-14(19-7-3-5-15)11(10)9-13(12)18-2/h4,6,8-9H,3,5,7H2,1-2H3. The van der Waals surface area contributed by atoms with E-state index in [-0.39, 0.29) is 0 Å². The number of ether oxygens (including phenoxy) is 2. The van der Waals surface area contributed by atoms with E-state index in [9.17, 15) is 0 Å². The fourth-order valence-electron chi connectivity index (χ4n) is 1.81. The van der Waals surface area contributed by atoms with E-state index in [1.807, 2.05) is 24.4 Å². The average molecular weight is 298 g/mol. The second kappa shape index (κ2) is 6.87. The summed E-state index contributed by atoms with van der Waals surface area (Å²) in [6.45, 7) is 0. The maximum absolute atomic E-state index is 5.70. The number of benzene rings is 1. The van der Waals surface area contributed by atoms with Gasteiger partial charge in [0.15, 0.2) is 11.5 Å². The summed E-state index contributed by atoms with van der Waals surface area (Å²) in [6.07, 6.45) is 2.79. The Kier molecular flexibility index (Phi) is 5.16. The lowest BCUT2D eigenvalue weighted by Crippen LogP contribution is -1.92. The Labute approximate surface area is 122 Å². The molecule has 1 aromatic carbocycles. The fraction of sp³-hybridized carbons (Fsp3) is 0.357. The van der Waals surface area contributed by atoms with Crippen molar-refractivity contribution in [1.82, 2.24) is 4.98 Å². The van der Waals surface area contributed by atoms with E-state index < -0.39 is 0 Å². The van der Waals surface area contributed by atoms with Crippen molar-refractivity contribution in [1.29, 1.82) is 0 Å². The topological polar surface area (TPSA) is 31.4 Å². The zero-order valence-corrected chi connectivity index (χ0v) is 12.6. The van der Waals surface area contributed by atoms with Gasteiger partial charge in [-0.3, -0.25) is 0 Å². The van der Waals surface area contributed by atoms with Crippen molar-refractivity contribution < 1.29 is 9.47 Å². The lowest BCUT2D eigenvalue weighted by Gasteiger charge is -2.11. The van der Waals surface area contributed by atoms with Gasteiger partial charge in [-0.2, -0.15) is 0 Å². The molecule has 102 valence electrons. The maximum Gasteiger partial charge on any atom is 0.161 e. The van der Waals surface area contributed by atoms with Gasteiger partial charge in [0.1, 0.15) is 5.03 Å². The van der Waals surface area contributed by atoms with Gasteiger partial charge in [-0.25, -0.2) is 4.98 Å². The minimum atomic E-state index is 0.676. The monoisotopic (exact) mass is 297 g/mol. The fourth-order valence-corrected chi connectivity index (χ4v) is 3.05. The van der Waals surface area contributed by atoms with Crippen LogP contribution in [0.2, 0.25) is 0 Å². The average Bonchev–Trinajstić information content (AvgIpc) is 2.46. The first kappa shape index (κ1) is 14.3. The molecule has 0 amide bonds. The van der Waals surface area contributed by atoms with Crippen LogP contribution in [0.25, 0.3) is 10.8 Å². The molecule has 1 aromatic heterocycles. The Morgan fingerprint density at radius 1 is 1.21 bits per heavy atom. The molecule has 0 bridgehead atoms. The van der Waals surface area contributed by atoms with Crippen molar-refractivity contribution in [3.05, 3.63) is 24.4 Å². The number of pyridine rings is 1. The summed E-state index contributed by atoms with van der Waals surface area (Å²) in [5.74, 6) is 3.10. The smallest absolute Gasteiger partial charge is 0.161 e. The number of halogens is 1. The lowest BCUT2D eigenvalue weighted by atomic mass is 10.1. The van der Waals surface area contributed by atoms with E-state index in [0.29, 0.717) is 5.88 Å². The Balaban J connectivity index is 2.42. The van der Waals surface area contributed by atoms with Crippen LogP contribution in [-0.4, -0.2) is 30.8 Å². The van der Waals surface area contributed by atoms with Crippen molar-refractivity contribution in [2.24, 2.45) is 0 Å². The second-order valence-electron chi connectivity index (χ2n) is 3.94. The first-order chi connectivity index (χ1) is 9.30. The summed E-state index contributed by atoms with van der Waals surface area (Å²) in [5.41, 5.74) is 0. The molecule has 2 rings (SSSR count). The van der Waals surface area contributed by atoms with Gasteiger partial charge in [0.25, 0.3) is 0 Å². The number of rotatable bonds is 6. The van der Waals surface area contributed by atoms with Crippen LogP contribution in [0, 0.1) is 0 Å². The van der Waals surface area contributed by atoms with Crippen LogP contribution in [0.3, 0.4) is 0 Å². The van der Waals surface area contributed by atoms with Crippen LogP contribution >= 0.6 is 23.4 Å². The Morgan fingerprint density at radius 3 is 2.63 bits per heavy atom. The summed E-state index contributed by atoms with van der Waals surface area (Å²) in [7, 11) is 3.28. The van der Waals surface area contributed by atoms with Gasteiger partial charge in [0.2, 0.25) is 0 Å². The molecule has 0 aliphatic rings. The molecule has 0 N–H and O–H groups in total. The molecule has 0 saturated carbocycles. The molecular formula is C14H16ClNO2S. The second-order valence-corrected chi connectivity index (χ2v) is 5.40. The summed E-state index contributed by atoms with van der Waals surface area (Å²) >= 11 is 7.42. The highest BCUT2D eigenvalue weighted by Gasteiger charge is 2.09. The molecule has 0 unspecified atom stereocenters. The van der Waals surface area contributed by atoms with Gasteiger partial charge in [-0.05, 0) is 30.0 Å². The van der Waals surface area contributed by atoms with Crippen molar-refractivity contribution in [3.8, 4) is 11.5 Å². The van der Waals surface area contributed by atoms with Gasteiger partial charge < -0.3 is 9.47 Å². The third-order valence-corrected chi connectivity index (χ3v) is 4.11. The van der Waals surface area contributed by atoms with Gasteiger partial charge in [0.05, 0.1) is 14.2 Å². The molecular weight excluding hydrogens is 282 g/mol. The van der Waals surface area contributed by atoms with E-state index in [0.717, 1.165) is 39.5 Å². The summed E-state index contributed by atoms with van der Waals surface area (Å²) in [6, 6.07) is 5.93. The number of hydrogen-bond acceptors (Lipinski definition) is 4. The van der Waals surface area contributed by atoms with E-state index in [1.54, 1.807) is 26.0 Å². The van der Waals surface area contributed by atoms with Gasteiger partial charge in [0, 0.05) is 23.2 Å². The van der Waals surface area contributed by atoms with Gasteiger partial charge in [-0.1, -0.05) is 0 Å². The molecule has 0 aliphatic heterocycles. The quantitative estimate of drug-likeness (QED) is 0.458. The largest absolute Gasteiger partial charge is 0.493 e. The Bertz CT molecular complexity index is 562. The zero-order chi connectivity index (χ0) is 13.7. The van der Waals surface area contributed by atoms with Crippen molar-refractivity contribution in [3.63, 3.8) is 0 Å². The van der Waals surface area contributed by atoms with Crippen LogP contribution in [0.5, 0.6) is 11.5 Å². The number of alkyl halides is 1. The summed E-state index contributed by atoms with van der Waals surface area (Å²) in [4.78, 5) is 4.43. The number of methoxy groups -OCH3 is 2. The van der Waals surface area contributed by atoms with Crippen molar-refractivity contribution in [2.75, 3.05) is 25.9 Å². The summed E-state index contributed by atoms with van der Waals surface area (Å²) < 4.78 is 10.7. The molecule has 0 fully saturated rings. The SMILES string of the molecule is COc1cc2ccnc(SCCCCl)c2cc1OC. The highest BCUT2D eigenvalue weighted by atomic mass is 35.5. The number of hydrogen-bond donors (Lipinski definition) is 0. The maximum atomic E-state index is 5.70. The molecule has 5 heteroatoms. The van der Waals surface area contributed by atoms with E-state index >= 15 is 0 Å². The van der Waals surface area contributed by atoms with Crippen molar-refractivity contribution >= 4 is 34.1 Å². The number of thioether (sulfide) groups is 1. The highest BCUT2D eigenvalue weighted by Crippen LogP contribution is 2.35. The van der Waals surface area contributed by atoms with Crippen LogP contribution in [-0.2, 0) is 0 Å². The molecule has 0 atom stereocenters. The number of aromatic nitrogens is 1. The van der Waals surface area contributed by atoms with Gasteiger partial charge >= 0.3 is 0 Å². The summed E-state index contributed by atoms with van der Waals surface area (Å²) in [5, 5.41) is 3.18. The highest BCUT2D eigenvalue weighted by molar-refractivity contribution is 7.99. The Hall–Kier alpha value is -1.13. The Morgan fingerprint density at radius 2 is 1.95 bits per heavy atom. The molecule has 0 spiro atoms. The first-order valence-electron chi connectivity index (χ1n) is 5.99. The van der Waals surface area contributed by atoms with Crippen LogP contribution < -0.4 is 9.47 Å². The van der Waals surface area contributed by atoms with E-state index in [4.69, 9.17) is 21.1 Å². The molecule has 0 radical (unpaired) electrons.